The van der Waals surface area contributed by atoms with Crippen LogP contribution in [0.1, 0.15) is 37.6 Å². The lowest BCUT2D eigenvalue weighted by atomic mass is 10.1. The third-order valence-corrected chi connectivity index (χ3v) is 4.07. The summed E-state index contributed by atoms with van der Waals surface area (Å²) in [6.07, 6.45) is 2.71. The second kappa shape index (κ2) is 6.12. The maximum atomic E-state index is 13.6. The van der Waals surface area contributed by atoms with Gasteiger partial charge in [0.15, 0.2) is 0 Å². The molecule has 3 rings (SSSR count). The van der Waals surface area contributed by atoms with Crippen molar-refractivity contribution in [3.05, 3.63) is 35.5 Å². The van der Waals surface area contributed by atoms with Crippen molar-refractivity contribution >= 4 is 5.65 Å². The zero-order chi connectivity index (χ0) is 14.8. The summed E-state index contributed by atoms with van der Waals surface area (Å²) in [7, 11) is 0. The van der Waals surface area contributed by atoms with E-state index in [1.165, 1.54) is 6.07 Å². The Labute approximate surface area is 125 Å². The molecule has 0 aromatic carbocycles. The van der Waals surface area contributed by atoms with E-state index >= 15 is 0 Å². The molecule has 3 heterocycles. The average molecular weight is 290 g/mol. The fraction of sp³-hybridized carbons (Fsp3) is 0.562. The Morgan fingerprint density at radius 1 is 1.29 bits per heavy atom. The van der Waals surface area contributed by atoms with Gasteiger partial charge in [-0.25, -0.2) is 9.37 Å². The zero-order valence-electron chi connectivity index (χ0n) is 12.8. The van der Waals surface area contributed by atoms with Crippen LogP contribution < -0.4 is 5.32 Å². The summed E-state index contributed by atoms with van der Waals surface area (Å²) in [6.45, 7) is 9.32. The van der Waals surface area contributed by atoms with Crippen molar-refractivity contribution in [2.45, 2.75) is 32.7 Å². The highest BCUT2D eigenvalue weighted by Crippen LogP contribution is 2.22. The molecule has 1 fully saturated rings. The van der Waals surface area contributed by atoms with Crippen LogP contribution in [-0.4, -0.2) is 40.5 Å². The first-order valence-electron chi connectivity index (χ1n) is 7.74. The summed E-state index contributed by atoms with van der Waals surface area (Å²) in [6, 6.07) is 3.24. The fourth-order valence-corrected chi connectivity index (χ4v) is 2.98. The van der Waals surface area contributed by atoms with E-state index in [4.69, 9.17) is 4.98 Å². The maximum absolute atomic E-state index is 13.6. The maximum Gasteiger partial charge on any atom is 0.139 e. The van der Waals surface area contributed by atoms with E-state index in [-0.39, 0.29) is 5.82 Å². The van der Waals surface area contributed by atoms with Gasteiger partial charge in [-0.3, -0.25) is 9.30 Å². The van der Waals surface area contributed by atoms with Gasteiger partial charge in [0, 0.05) is 25.8 Å². The predicted octanol–water partition coefficient (Wildman–Crippen LogP) is 2.39. The van der Waals surface area contributed by atoms with Crippen LogP contribution in [0.15, 0.2) is 18.3 Å². The number of halogens is 1. The Kier molecular flexibility index (Phi) is 4.22. The number of fused-ring (bicyclic) bond motifs is 1. The summed E-state index contributed by atoms with van der Waals surface area (Å²) < 4.78 is 15.5. The van der Waals surface area contributed by atoms with Gasteiger partial charge in [0.1, 0.15) is 11.5 Å². The topological polar surface area (TPSA) is 32.6 Å². The number of hydrogen-bond donors (Lipinski definition) is 1. The lowest BCUT2D eigenvalue weighted by molar-refractivity contribution is 0.279. The molecule has 0 amide bonds. The Morgan fingerprint density at radius 3 is 2.95 bits per heavy atom. The number of hydrogen-bond acceptors (Lipinski definition) is 3. The fourth-order valence-electron chi connectivity index (χ4n) is 2.98. The molecular weight excluding hydrogens is 267 g/mol. The first-order valence-corrected chi connectivity index (χ1v) is 7.74. The van der Waals surface area contributed by atoms with Crippen molar-refractivity contribution in [1.29, 1.82) is 0 Å². The number of aromatic nitrogens is 2. The number of nitrogens with zero attached hydrogens (tertiary/aromatic N) is 3. The first-order chi connectivity index (χ1) is 10.1. The van der Waals surface area contributed by atoms with Crippen LogP contribution in [0.4, 0.5) is 4.39 Å². The third-order valence-electron chi connectivity index (χ3n) is 4.07. The van der Waals surface area contributed by atoms with Crippen molar-refractivity contribution in [2.24, 2.45) is 0 Å². The van der Waals surface area contributed by atoms with Crippen LogP contribution in [-0.2, 0) is 6.54 Å². The molecule has 21 heavy (non-hydrogen) atoms. The van der Waals surface area contributed by atoms with E-state index in [0.29, 0.717) is 5.92 Å². The van der Waals surface area contributed by atoms with Crippen molar-refractivity contribution in [1.82, 2.24) is 19.6 Å². The summed E-state index contributed by atoms with van der Waals surface area (Å²) in [5.74, 6) is 0.127. The van der Waals surface area contributed by atoms with E-state index < -0.39 is 0 Å². The summed E-state index contributed by atoms with van der Waals surface area (Å²) in [5, 5.41) is 3.42. The number of pyridine rings is 1. The molecular formula is C16H23FN4. The van der Waals surface area contributed by atoms with Crippen molar-refractivity contribution in [3.63, 3.8) is 0 Å². The highest BCUT2D eigenvalue weighted by Gasteiger charge is 2.18. The second-order valence-corrected chi connectivity index (χ2v) is 6.05. The van der Waals surface area contributed by atoms with Gasteiger partial charge in [-0.2, -0.15) is 0 Å². The molecule has 2 aromatic rings. The zero-order valence-corrected chi connectivity index (χ0v) is 12.8. The van der Waals surface area contributed by atoms with Gasteiger partial charge in [0.25, 0.3) is 0 Å². The molecule has 5 heteroatoms. The first kappa shape index (κ1) is 14.5. The molecule has 0 bridgehead atoms. The lowest BCUT2D eigenvalue weighted by Gasteiger charge is -2.20. The molecule has 1 aliphatic rings. The van der Waals surface area contributed by atoms with Gasteiger partial charge in [0.05, 0.1) is 11.4 Å². The van der Waals surface area contributed by atoms with Crippen molar-refractivity contribution < 1.29 is 4.39 Å². The molecule has 2 aromatic heterocycles. The summed E-state index contributed by atoms with van der Waals surface area (Å²) in [5.41, 5.74) is 3.04. The van der Waals surface area contributed by atoms with Crippen LogP contribution in [0.5, 0.6) is 0 Å². The Morgan fingerprint density at radius 2 is 2.14 bits per heavy atom. The molecule has 4 nitrogen and oxygen atoms in total. The van der Waals surface area contributed by atoms with Gasteiger partial charge in [0.2, 0.25) is 0 Å². The minimum absolute atomic E-state index is 0.214. The predicted molar refractivity (Wildman–Crippen MR) is 82.0 cm³/mol. The van der Waals surface area contributed by atoms with E-state index in [0.717, 1.165) is 56.2 Å². The number of imidazole rings is 1. The molecule has 0 saturated carbocycles. The molecule has 0 radical (unpaired) electrons. The van der Waals surface area contributed by atoms with Gasteiger partial charge in [-0.15, -0.1) is 0 Å². The van der Waals surface area contributed by atoms with E-state index in [9.17, 15) is 4.39 Å². The van der Waals surface area contributed by atoms with Crippen LogP contribution >= 0.6 is 0 Å². The quantitative estimate of drug-likeness (QED) is 0.942. The average Bonchev–Trinajstić information content (AvgIpc) is 2.63. The number of nitrogens with one attached hydrogen (secondary N) is 1. The van der Waals surface area contributed by atoms with Gasteiger partial charge in [-0.1, -0.05) is 13.8 Å². The monoisotopic (exact) mass is 290 g/mol. The summed E-state index contributed by atoms with van der Waals surface area (Å²) in [4.78, 5) is 7.13. The lowest BCUT2D eigenvalue weighted by Crippen LogP contribution is -2.28. The molecule has 0 atom stereocenters. The van der Waals surface area contributed by atoms with Crippen LogP contribution in [0.3, 0.4) is 0 Å². The van der Waals surface area contributed by atoms with Gasteiger partial charge < -0.3 is 5.32 Å². The standard InChI is InChI=1S/C16H23FN4/c1-12(2)16-14(11-20-8-3-6-18-7-9-20)21-10-13(17)4-5-15(21)19-16/h4-5,10,12,18H,3,6-9,11H2,1-2H3. The van der Waals surface area contributed by atoms with E-state index in [1.54, 1.807) is 12.3 Å². The van der Waals surface area contributed by atoms with Gasteiger partial charge in [-0.05, 0) is 37.6 Å². The smallest absolute Gasteiger partial charge is 0.139 e. The Bertz CT molecular complexity index is 612. The number of rotatable bonds is 3. The Balaban J connectivity index is 1.97. The van der Waals surface area contributed by atoms with E-state index in [2.05, 4.69) is 24.1 Å². The van der Waals surface area contributed by atoms with Crippen LogP contribution in [0.2, 0.25) is 0 Å². The minimum atomic E-state index is -0.214. The van der Waals surface area contributed by atoms with Crippen molar-refractivity contribution in [3.8, 4) is 0 Å². The minimum Gasteiger partial charge on any atom is -0.315 e. The molecule has 0 spiro atoms. The van der Waals surface area contributed by atoms with E-state index in [1.807, 2.05) is 4.40 Å². The molecule has 0 aliphatic carbocycles. The molecule has 1 aliphatic heterocycles. The highest BCUT2D eigenvalue weighted by molar-refractivity contribution is 5.44. The summed E-state index contributed by atoms with van der Waals surface area (Å²) >= 11 is 0. The van der Waals surface area contributed by atoms with Crippen LogP contribution in [0.25, 0.3) is 5.65 Å². The molecule has 114 valence electrons. The van der Waals surface area contributed by atoms with Gasteiger partial charge >= 0.3 is 0 Å². The molecule has 1 saturated heterocycles. The van der Waals surface area contributed by atoms with Crippen LogP contribution in [0, 0.1) is 5.82 Å². The van der Waals surface area contributed by atoms with Crippen molar-refractivity contribution in [2.75, 3.05) is 26.2 Å². The highest BCUT2D eigenvalue weighted by atomic mass is 19.1. The normalized spacial score (nSPS) is 17.5. The molecule has 1 N–H and O–H groups in total. The SMILES string of the molecule is CC(C)c1nc2ccc(F)cn2c1CN1CCCNCC1. The Hall–Kier alpha value is -1.46. The second-order valence-electron chi connectivity index (χ2n) is 6.05. The largest absolute Gasteiger partial charge is 0.315 e. The molecule has 0 unspecified atom stereocenters. The third kappa shape index (κ3) is 3.09.